The second-order valence-corrected chi connectivity index (χ2v) is 4.44. The Morgan fingerprint density at radius 2 is 2.19 bits per heavy atom. The molecule has 90 valence electrons. The molecule has 1 aromatic heterocycles. The first kappa shape index (κ1) is 12.5. The number of hydrogen-bond donors (Lipinski definition) is 1. The van der Waals surface area contributed by atoms with E-state index in [1.54, 1.807) is 6.07 Å². The highest BCUT2D eigenvalue weighted by Crippen LogP contribution is 2.24. The molecule has 0 unspecified atom stereocenters. The quantitative estimate of drug-likeness (QED) is 0.784. The fourth-order valence-electron chi connectivity index (χ4n) is 0.959. The molecule has 1 heterocycles. The summed E-state index contributed by atoms with van der Waals surface area (Å²) >= 11 is 0. The van der Waals surface area contributed by atoms with Gasteiger partial charge in [0, 0.05) is 18.5 Å². The van der Waals surface area contributed by atoms with Crippen LogP contribution in [0.5, 0.6) is 0 Å². The summed E-state index contributed by atoms with van der Waals surface area (Å²) in [5, 5.41) is 7.35. The minimum absolute atomic E-state index is 0.136. The van der Waals surface area contributed by atoms with Crippen LogP contribution in [0.2, 0.25) is 0 Å². The number of nitrogens with zero attached hydrogens (tertiary/aromatic N) is 2. The molecule has 6 nitrogen and oxygen atoms in total. The monoisotopic (exact) mass is 227 g/mol. The zero-order chi connectivity index (χ0) is 12.3. The molecule has 0 aliphatic rings. The summed E-state index contributed by atoms with van der Waals surface area (Å²) in [7, 11) is 2.91. The molecule has 1 N–H and O–H groups in total. The van der Waals surface area contributed by atoms with Crippen molar-refractivity contribution in [3.63, 3.8) is 0 Å². The van der Waals surface area contributed by atoms with Gasteiger partial charge in [-0.3, -0.25) is 10.2 Å². The largest absolute Gasteiger partial charge is 0.359 e. The molecule has 0 bridgehead atoms. The molecular formula is C10H17N3O3. The van der Waals surface area contributed by atoms with Crippen LogP contribution >= 0.6 is 0 Å². The van der Waals surface area contributed by atoms with Crippen molar-refractivity contribution in [1.82, 2.24) is 10.2 Å². The van der Waals surface area contributed by atoms with Crippen molar-refractivity contribution in [3.05, 3.63) is 11.8 Å². The van der Waals surface area contributed by atoms with E-state index in [2.05, 4.69) is 10.5 Å². The maximum Gasteiger partial charge on any atom is 0.346 e. The fraction of sp³-hybridized carbons (Fsp3) is 0.600. The van der Waals surface area contributed by atoms with Gasteiger partial charge in [-0.1, -0.05) is 25.9 Å². The van der Waals surface area contributed by atoms with E-state index >= 15 is 0 Å². The number of nitrogens with one attached hydrogen (secondary N) is 1. The molecule has 0 fully saturated rings. The summed E-state index contributed by atoms with van der Waals surface area (Å²) in [4.78, 5) is 16.1. The molecule has 1 aromatic rings. The van der Waals surface area contributed by atoms with Crippen molar-refractivity contribution in [2.24, 2.45) is 0 Å². The van der Waals surface area contributed by atoms with Gasteiger partial charge >= 0.3 is 6.03 Å². The molecule has 0 aliphatic carbocycles. The van der Waals surface area contributed by atoms with Crippen molar-refractivity contribution in [1.29, 1.82) is 0 Å². The van der Waals surface area contributed by atoms with Crippen LogP contribution in [0.1, 0.15) is 26.5 Å². The minimum atomic E-state index is -0.406. The first-order valence-corrected chi connectivity index (χ1v) is 4.90. The molecule has 0 aliphatic heterocycles. The molecule has 0 saturated heterocycles. The lowest BCUT2D eigenvalue weighted by molar-refractivity contribution is -0.0598. The van der Waals surface area contributed by atoms with Gasteiger partial charge in [0.1, 0.15) is 5.76 Å². The second-order valence-electron chi connectivity index (χ2n) is 4.44. The van der Waals surface area contributed by atoms with E-state index < -0.39 is 6.03 Å². The summed E-state index contributed by atoms with van der Waals surface area (Å²) in [6.07, 6.45) is 0. The minimum Gasteiger partial charge on any atom is -0.359 e. The molecule has 0 radical (unpaired) electrons. The van der Waals surface area contributed by atoms with E-state index in [4.69, 9.17) is 9.36 Å². The Morgan fingerprint density at radius 1 is 1.56 bits per heavy atom. The van der Waals surface area contributed by atoms with Gasteiger partial charge in [0.25, 0.3) is 0 Å². The Kier molecular flexibility index (Phi) is 3.54. The Morgan fingerprint density at radius 3 is 2.62 bits per heavy atom. The van der Waals surface area contributed by atoms with E-state index in [1.807, 2.05) is 20.8 Å². The highest BCUT2D eigenvalue weighted by Gasteiger charge is 2.20. The molecule has 16 heavy (non-hydrogen) atoms. The van der Waals surface area contributed by atoms with Crippen LogP contribution in [-0.2, 0) is 10.3 Å². The predicted molar refractivity (Wildman–Crippen MR) is 59.0 cm³/mol. The van der Waals surface area contributed by atoms with Crippen LogP contribution < -0.4 is 5.32 Å². The van der Waals surface area contributed by atoms with E-state index in [-0.39, 0.29) is 5.41 Å². The summed E-state index contributed by atoms with van der Waals surface area (Å²) < 4.78 is 5.12. The van der Waals surface area contributed by atoms with Crippen LogP contribution in [0.15, 0.2) is 10.6 Å². The molecule has 0 saturated carbocycles. The summed E-state index contributed by atoms with van der Waals surface area (Å²) in [6, 6.07) is 1.29. The first-order valence-electron chi connectivity index (χ1n) is 4.90. The fourth-order valence-corrected chi connectivity index (χ4v) is 0.959. The van der Waals surface area contributed by atoms with Gasteiger partial charge in [0.2, 0.25) is 0 Å². The molecule has 0 aromatic carbocycles. The number of carbonyl (C=O) groups excluding carboxylic acids is 1. The van der Waals surface area contributed by atoms with Crippen molar-refractivity contribution in [3.8, 4) is 0 Å². The number of anilines is 1. The van der Waals surface area contributed by atoms with E-state index in [0.29, 0.717) is 11.6 Å². The van der Waals surface area contributed by atoms with Crippen molar-refractivity contribution < 1.29 is 14.2 Å². The predicted octanol–water partition coefficient (Wildman–Crippen LogP) is 2.00. The Labute approximate surface area is 94.5 Å². The van der Waals surface area contributed by atoms with Gasteiger partial charge in [-0.25, -0.2) is 9.86 Å². The first-order chi connectivity index (χ1) is 7.34. The van der Waals surface area contributed by atoms with Crippen molar-refractivity contribution >= 4 is 11.8 Å². The summed E-state index contributed by atoms with van der Waals surface area (Å²) in [5.74, 6) is 1.08. The van der Waals surface area contributed by atoms with Gasteiger partial charge in [0.05, 0.1) is 7.11 Å². The average molecular weight is 227 g/mol. The van der Waals surface area contributed by atoms with Gasteiger partial charge in [0.15, 0.2) is 5.82 Å². The average Bonchev–Trinajstić information content (AvgIpc) is 2.64. The summed E-state index contributed by atoms with van der Waals surface area (Å²) in [6.45, 7) is 6.00. The van der Waals surface area contributed by atoms with Crippen LogP contribution in [0.3, 0.4) is 0 Å². The molecule has 6 heteroatoms. The van der Waals surface area contributed by atoms with Crippen molar-refractivity contribution in [2.45, 2.75) is 26.2 Å². The van der Waals surface area contributed by atoms with Gasteiger partial charge < -0.3 is 4.52 Å². The lowest BCUT2D eigenvalue weighted by Gasteiger charge is -2.13. The number of hydroxylamine groups is 2. The van der Waals surface area contributed by atoms with E-state index in [1.165, 1.54) is 14.2 Å². The maximum absolute atomic E-state index is 11.4. The number of hydrogen-bond acceptors (Lipinski definition) is 4. The third-order valence-electron chi connectivity index (χ3n) is 2.04. The van der Waals surface area contributed by atoms with Crippen LogP contribution in [0.4, 0.5) is 10.6 Å². The van der Waals surface area contributed by atoms with E-state index in [9.17, 15) is 4.79 Å². The summed E-state index contributed by atoms with van der Waals surface area (Å²) in [5.41, 5.74) is -0.136. The van der Waals surface area contributed by atoms with Crippen LogP contribution in [-0.4, -0.2) is 30.4 Å². The standard InChI is InChI=1S/C10H17N3O3/c1-10(2,3)7-6-8(12-16-7)11-9(14)13(4)15-5/h6H,1-5H3,(H,11,12,14). The zero-order valence-electron chi connectivity index (χ0n) is 10.2. The Bertz CT molecular complexity index is 368. The number of amides is 2. The van der Waals surface area contributed by atoms with Crippen LogP contribution in [0, 0.1) is 0 Å². The third kappa shape index (κ3) is 2.96. The number of rotatable bonds is 2. The molecule has 1 rings (SSSR count). The lowest BCUT2D eigenvalue weighted by Crippen LogP contribution is -2.30. The van der Waals surface area contributed by atoms with Gasteiger partial charge in [-0.05, 0) is 0 Å². The maximum atomic E-state index is 11.4. The van der Waals surface area contributed by atoms with Crippen LogP contribution in [0.25, 0.3) is 0 Å². The van der Waals surface area contributed by atoms with Gasteiger partial charge in [-0.2, -0.15) is 0 Å². The van der Waals surface area contributed by atoms with E-state index in [0.717, 1.165) is 5.06 Å². The molecule has 2 amide bonds. The zero-order valence-corrected chi connectivity index (χ0v) is 10.2. The number of aromatic nitrogens is 1. The molecule has 0 atom stereocenters. The normalized spacial score (nSPS) is 11.3. The number of carbonyl (C=O) groups is 1. The second kappa shape index (κ2) is 4.52. The van der Waals surface area contributed by atoms with Crippen molar-refractivity contribution in [2.75, 3.05) is 19.5 Å². The topological polar surface area (TPSA) is 67.6 Å². The lowest BCUT2D eigenvalue weighted by atomic mass is 9.93. The highest BCUT2D eigenvalue weighted by atomic mass is 16.7. The Balaban J connectivity index is 2.70. The smallest absolute Gasteiger partial charge is 0.346 e. The van der Waals surface area contributed by atoms with Gasteiger partial charge in [-0.15, -0.1) is 0 Å². The Hall–Kier alpha value is -1.56. The molecule has 0 spiro atoms. The third-order valence-corrected chi connectivity index (χ3v) is 2.04. The number of urea groups is 1. The molecular weight excluding hydrogens is 210 g/mol. The highest BCUT2D eigenvalue weighted by molar-refractivity contribution is 5.87. The SMILES string of the molecule is CON(C)C(=O)Nc1cc(C(C)(C)C)on1.